The minimum Gasteiger partial charge on any atom is -0.454 e. The Morgan fingerprint density at radius 1 is 1.19 bits per heavy atom. The highest BCUT2D eigenvalue weighted by atomic mass is 32.2. The van der Waals surface area contributed by atoms with Crippen molar-refractivity contribution in [2.24, 2.45) is 0 Å². The average molecular weight is 395 g/mol. The highest BCUT2D eigenvalue weighted by molar-refractivity contribution is 7.88. The first-order valence-corrected chi connectivity index (χ1v) is 10.4. The topological polar surface area (TPSA) is 122 Å². The molecule has 1 fully saturated rings. The summed E-state index contributed by atoms with van der Waals surface area (Å²) in [4.78, 5) is 35.7. The number of rotatable bonds is 5. The number of nitrogens with one attached hydrogen (secondary N) is 2. The zero-order valence-electron chi connectivity index (χ0n) is 14.8. The van der Waals surface area contributed by atoms with Crippen LogP contribution in [-0.2, 0) is 37.3 Å². The van der Waals surface area contributed by atoms with E-state index in [2.05, 4.69) is 10.6 Å². The van der Waals surface area contributed by atoms with Gasteiger partial charge in [0, 0.05) is 19.0 Å². The summed E-state index contributed by atoms with van der Waals surface area (Å²) < 4.78 is 30.2. The monoisotopic (exact) mass is 395 g/mol. The Balaban J connectivity index is 1.61. The zero-order chi connectivity index (χ0) is 19.6. The predicted molar refractivity (Wildman–Crippen MR) is 95.0 cm³/mol. The van der Waals surface area contributed by atoms with Crippen LogP contribution in [0.4, 0.5) is 4.79 Å². The number of fused-ring (bicyclic) bond motifs is 1. The summed E-state index contributed by atoms with van der Waals surface area (Å²) >= 11 is 0. The fourth-order valence-corrected chi connectivity index (χ4v) is 3.89. The van der Waals surface area contributed by atoms with Crippen molar-refractivity contribution in [2.75, 3.05) is 12.9 Å². The van der Waals surface area contributed by atoms with E-state index in [-0.39, 0.29) is 19.0 Å². The van der Waals surface area contributed by atoms with Crippen molar-refractivity contribution < 1.29 is 27.5 Å². The molecule has 0 radical (unpaired) electrons. The number of imide groups is 1. The summed E-state index contributed by atoms with van der Waals surface area (Å²) in [5.74, 6) is -1.60. The van der Waals surface area contributed by atoms with Gasteiger partial charge >= 0.3 is 12.0 Å². The fraction of sp³-hybridized carbons (Fsp3) is 0.471. The van der Waals surface area contributed by atoms with E-state index >= 15 is 0 Å². The number of amides is 3. The Bertz CT molecular complexity index is 865. The maximum absolute atomic E-state index is 12.4. The molecule has 2 aliphatic rings. The maximum Gasteiger partial charge on any atom is 0.325 e. The van der Waals surface area contributed by atoms with Crippen LogP contribution in [0.2, 0.25) is 0 Å². The Morgan fingerprint density at radius 2 is 1.85 bits per heavy atom. The third kappa shape index (κ3) is 5.04. The van der Waals surface area contributed by atoms with Gasteiger partial charge in [-0.05, 0) is 24.0 Å². The second-order valence-electron chi connectivity index (χ2n) is 6.70. The molecule has 2 N–H and O–H groups in total. The molecule has 27 heavy (non-hydrogen) atoms. The molecule has 1 aromatic carbocycles. The van der Waals surface area contributed by atoms with Crippen molar-refractivity contribution in [3.05, 3.63) is 35.4 Å². The molecule has 146 valence electrons. The summed E-state index contributed by atoms with van der Waals surface area (Å²) in [5.41, 5.74) is 1.68. The molecule has 0 saturated heterocycles. The van der Waals surface area contributed by atoms with E-state index < -0.39 is 40.6 Å². The molecule has 0 unspecified atom stereocenters. The van der Waals surface area contributed by atoms with Crippen molar-refractivity contribution in [1.82, 2.24) is 14.9 Å². The molecule has 0 spiro atoms. The molecule has 10 heteroatoms. The van der Waals surface area contributed by atoms with Crippen LogP contribution in [0.15, 0.2) is 24.3 Å². The van der Waals surface area contributed by atoms with Gasteiger partial charge in [0.05, 0.1) is 6.26 Å². The molecule has 3 rings (SSSR count). The van der Waals surface area contributed by atoms with E-state index in [1.807, 2.05) is 12.1 Å². The second-order valence-corrected chi connectivity index (χ2v) is 8.64. The summed E-state index contributed by atoms with van der Waals surface area (Å²) in [6.07, 6.45) is 2.93. The molecule has 1 heterocycles. The van der Waals surface area contributed by atoms with Crippen LogP contribution in [0.25, 0.3) is 0 Å². The van der Waals surface area contributed by atoms with Crippen LogP contribution in [0.5, 0.6) is 0 Å². The van der Waals surface area contributed by atoms with Gasteiger partial charge in [-0.3, -0.25) is 14.9 Å². The summed E-state index contributed by atoms with van der Waals surface area (Å²) in [6.45, 7) is -0.600. The molecule has 1 saturated carbocycles. The number of hydrogen-bond donors (Lipinski definition) is 2. The van der Waals surface area contributed by atoms with E-state index in [9.17, 15) is 22.8 Å². The van der Waals surface area contributed by atoms with Crippen molar-refractivity contribution in [3.8, 4) is 0 Å². The van der Waals surface area contributed by atoms with E-state index in [1.54, 1.807) is 12.1 Å². The SMILES string of the molecule is CS(=O)(=O)N1Cc2ccccc2C[C@H]1C(=O)OCC(=O)NC(=O)NC1CC1. The van der Waals surface area contributed by atoms with Crippen LogP contribution in [0.3, 0.4) is 0 Å². The van der Waals surface area contributed by atoms with Crippen molar-refractivity contribution in [2.45, 2.75) is 37.9 Å². The van der Waals surface area contributed by atoms with E-state index in [0.717, 1.165) is 34.5 Å². The van der Waals surface area contributed by atoms with Gasteiger partial charge in [0.25, 0.3) is 5.91 Å². The fourth-order valence-electron chi connectivity index (χ4n) is 2.89. The Hall–Kier alpha value is -2.46. The van der Waals surface area contributed by atoms with E-state index in [0.29, 0.717) is 0 Å². The third-order valence-corrected chi connectivity index (χ3v) is 5.65. The van der Waals surface area contributed by atoms with Crippen molar-refractivity contribution in [3.63, 3.8) is 0 Å². The number of urea groups is 1. The Morgan fingerprint density at radius 3 is 2.48 bits per heavy atom. The molecule has 0 bridgehead atoms. The van der Waals surface area contributed by atoms with Crippen LogP contribution in [0, 0.1) is 0 Å². The number of carbonyl (C=O) groups is 3. The Labute approximate surface area is 157 Å². The summed E-state index contributed by atoms with van der Waals surface area (Å²) in [5, 5.41) is 4.64. The lowest BCUT2D eigenvalue weighted by atomic mass is 9.96. The first kappa shape index (κ1) is 19.3. The molecule has 1 aromatic rings. The normalized spacial score (nSPS) is 19.7. The zero-order valence-corrected chi connectivity index (χ0v) is 15.6. The van der Waals surface area contributed by atoms with Gasteiger partial charge in [-0.2, -0.15) is 4.31 Å². The first-order chi connectivity index (χ1) is 12.7. The molecular weight excluding hydrogens is 374 g/mol. The number of benzene rings is 1. The molecule has 3 amide bonds. The number of ether oxygens (including phenoxy) is 1. The third-order valence-electron chi connectivity index (χ3n) is 4.41. The van der Waals surface area contributed by atoms with Gasteiger partial charge < -0.3 is 10.1 Å². The average Bonchev–Trinajstić information content (AvgIpc) is 3.41. The van der Waals surface area contributed by atoms with Gasteiger partial charge in [0.15, 0.2) is 6.61 Å². The maximum atomic E-state index is 12.4. The van der Waals surface area contributed by atoms with Gasteiger partial charge in [-0.1, -0.05) is 24.3 Å². The van der Waals surface area contributed by atoms with E-state index in [1.165, 1.54) is 0 Å². The molecule has 9 nitrogen and oxygen atoms in total. The Kier molecular flexibility index (Phi) is 5.47. The lowest BCUT2D eigenvalue weighted by Crippen LogP contribution is -2.49. The molecule has 1 aliphatic carbocycles. The van der Waals surface area contributed by atoms with Crippen LogP contribution >= 0.6 is 0 Å². The number of carbonyl (C=O) groups excluding carboxylic acids is 3. The minimum absolute atomic E-state index is 0.0603. The van der Waals surface area contributed by atoms with E-state index in [4.69, 9.17) is 4.74 Å². The quantitative estimate of drug-likeness (QED) is 0.672. The van der Waals surface area contributed by atoms with Crippen LogP contribution < -0.4 is 10.6 Å². The van der Waals surface area contributed by atoms with Crippen LogP contribution in [0.1, 0.15) is 24.0 Å². The van der Waals surface area contributed by atoms with Crippen LogP contribution in [-0.4, -0.2) is 55.6 Å². The number of hydrogen-bond acceptors (Lipinski definition) is 6. The standard InChI is InChI=1S/C17H21N3O6S/c1-27(24,25)20-9-12-5-3-2-4-11(12)8-14(20)16(22)26-10-15(21)19-17(23)18-13-6-7-13/h2-5,13-14H,6-10H2,1H3,(H2,18,19,21,23)/t14-/m0/s1. The lowest BCUT2D eigenvalue weighted by Gasteiger charge is -2.33. The number of nitrogens with zero attached hydrogens (tertiary/aromatic N) is 1. The van der Waals surface area contributed by atoms with Gasteiger partial charge in [-0.15, -0.1) is 0 Å². The largest absolute Gasteiger partial charge is 0.454 e. The summed E-state index contributed by atoms with van der Waals surface area (Å²) in [6, 6.07) is 5.64. The van der Waals surface area contributed by atoms with Gasteiger partial charge in [0.1, 0.15) is 6.04 Å². The van der Waals surface area contributed by atoms with Gasteiger partial charge in [0.2, 0.25) is 10.0 Å². The lowest BCUT2D eigenvalue weighted by molar-refractivity contribution is -0.152. The molecule has 1 atom stereocenters. The van der Waals surface area contributed by atoms with Crippen molar-refractivity contribution in [1.29, 1.82) is 0 Å². The highest BCUT2D eigenvalue weighted by Gasteiger charge is 2.38. The second kappa shape index (κ2) is 7.65. The number of sulfonamides is 1. The number of esters is 1. The summed E-state index contributed by atoms with van der Waals surface area (Å²) in [7, 11) is -3.66. The predicted octanol–water partition coefficient (Wildman–Crippen LogP) is -0.0957. The smallest absolute Gasteiger partial charge is 0.325 e. The minimum atomic E-state index is -3.66. The molecule has 1 aliphatic heterocycles. The first-order valence-electron chi connectivity index (χ1n) is 8.54. The van der Waals surface area contributed by atoms with Crippen molar-refractivity contribution >= 4 is 27.9 Å². The molecule has 0 aromatic heterocycles. The highest BCUT2D eigenvalue weighted by Crippen LogP contribution is 2.26. The molecular formula is C17H21N3O6S. The van der Waals surface area contributed by atoms with Gasteiger partial charge in [-0.25, -0.2) is 13.2 Å².